The Kier molecular flexibility index (Phi) is 7.88. The van der Waals surface area contributed by atoms with E-state index in [4.69, 9.17) is 19.6 Å². The average Bonchev–Trinajstić information content (AvgIpc) is 3.47. The Morgan fingerprint density at radius 2 is 1.69 bits per heavy atom. The second-order valence-electron chi connectivity index (χ2n) is 11.7. The predicted octanol–water partition coefficient (Wildman–Crippen LogP) is 6.29. The van der Waals surface area contributed by atoms with Gasteiger partial charge in [0.05, 0.1) is 43.7 Å². The van der Waals surface area contributed by atoms with E-state index in [9.17, 15) is 4.79 Å². The highest BCUT2D eigenvalue weighted by molar-refractivity contribution is 6.07. The van der Waals surface area contributed by atoms with Gasteiger partial charge in [-0.2, -0.15) is 0 Å². The zero-order valence-electron chi connectivity index (χ0n) is 24.6. The molecule has 2 heterocycles. The molecule has 1 N–H and O–H groups in total. The smallest absolute Gasteiger partial charge is 0.197 e. The van der Waals surface area contributed by atoms with Crippen LogP contribution in [0.15, 0.2) is 18.2 Å². The van der Waals surface area contributed by atoms with Gasteiger partial charge in [0.25, 0.3) is 0 Å². The Labute approximate surface area is 231 Å². The van der Waals surface area contributed by atoms with Crippen LogP contribution in [0.3, 0.4) is 0 Å². The molecule has 1 fully saturated rings. The van der Waals surface area contributed by atoms with Gasteiger partial charge in [-0.3, -0.25) is 10.2 Å². The largest absolute Gasteiger partial charge is 0.494 e. The Hall–Kier alpha value is -3.29. The summed E-state index contributed by atoms with van der Waals surface area (Å²) in [4.78, 5) is 17.9. The van der Waals surface area contributed by atoms with E-state index < -0.39 is 11.4 Å². The van der Waals surface area contributed by atoms with Gasteiger partial charge in [0.15, 0.2) is 23.1 Å². The zero-order valence-corrected chi connectivity index (χ0v) is 24.6. The number of nitrogens with one attached hydrogen (secondary N) is 1. The third-order valence-electron chi connectivity index (χ3n) is 7.77. The van der Waals surface area contributed by atoms with Crippen LogP contribution < -0.4 is 19.1 Å². The number of carbonyl (C=O) groups excluding carboxylic acids is 1. The molecule has 0 spiro atoms. The summed E-state index contributed by atoms with van der Waals surface area (Å²) in [5, 5.41) is 8.93. The highest BCUT2D eigenvalue weighted by Gasteiger charge is 2.45. The van der Waals surface area contributed by atoms with Crippen molar-refractivity contribution in [3.63, 3.8) is 0 Å². The van der Waals surface area contributed by atoms with Crippen molar-refractivity contribution in [3.05, 3.63) is 46.3 Å². The number of ketones is 1. The minimum absolute atomic E-state index is 0.00653. The molecule has 2 aliphatic rings. The van der Waals surface area contributed by atoms with Gasteiger partial charge in [-0.25, -0.2) is 4.39 Å². The number of rotatable bonds is 9. The first-order chi connectivity index (χ1) is 18.4. The number of methoxy groups -OCH3 is 1. The lowest BCUT2D eigenvalue weighted by atomic mass is 9.84. The van der Waals surface area contributed by atoms with Crippen LogP contribution in [0, 0.1) is 11.2 Å². The van der Waals surface area contributed by atoms with Crippen LogP contribution in [0.1, 0.15) is 88.4 Å². The first-order valence-corrected chi connectivity index (χ1v) is 13.9. The van der Waals surface area contributed by atoms with Crippen LogP contribution in [-0.2, 0) is 11.0 Å². The van der Waals surface area contributed by atoms with E-state index in [2.05, 4.69) is 25.7 Å². The molecule has 212 valence electrons. The molecule has 0 saturated carbocycles. The van der Waals surface area contributed by atoms with Crippen molar-refractivity contribution in [1.82, 2.24) is 4.90 Å². The molecule has 0 atom stereocenters. The van der Waals surface area contributed by atoms with Gasteiger partial charge in [-0.15, -0.1) is 0 Å². The van der Waals surface area contributed by atoms with Crippen molar-refractivity contribution < 1.29 is 23.4 Å². The first-order valence-electron chi connectivity index (χ1n) is 13.9. The molecular weight excluding hydrogens is 497 g/mol. The molecule has 4 rings (SSSR count). The normalized spacial score (nSPS) is 16.5. The third-order valence-corrected chi connectivity index (χ3v) is 7.77. The number of benzene rings is 2. The van der Waals surface area contributed by atoms with Crippen LogP contribution in [0.4, 0.5) is 10.1 Å². The summed E-state index contributed by atoms with van der Waals surface area (Å²) >= 11 is 0. The molecule has 8 heteroatoms. The molecule has 2 aliphatic heterocycles. The molecule has 0 bridgehead atoms. The van der Waals surface area contributed by atoms with Gasteiger partial charge < -0.3 is 24.0 Å². The summed E-state index contributed by atoms with van der Waals surface area (Å²) in [6.45, 7) is 16.1. The van der Waals surface area contributed by atoms with Gasteiger partial charge >= 0.3 is 0 Å². The molecule has 7 nitrogen and oxygen atoms in total. The molecule has 2 aromatic carbocycles. The Bertz CT molecular complexity index is 1280. The molecule has 0 unspecified atom stereocenters. The number of halogens is 1. The lowest BCUT2D eigenvalue weighted by Gasteiger charge is -2.34. The number of amidine groups is 1. The number of fused-ring (bicyclic) bond motifs is 1. The molecular formula is C31H42FN3O4. The Morgan fingerprint density at radius 1 is 1.05 bits per heavy atom. The summed E-state index contributed by atoms with van der Waals surface area (Å²) in [7, 11) is 1.68. The zero-order chi connectivity index (χ0) is 28.7. The maximum Gasteiger partial charge on any atom is 0.197 e. The fourth-order valence-electron chi connectivity index (χ4n) is 5.67. The van der Waals surface area contributed by atoms with E-state index in [1.807, 2.05) is 32.9 Å². The number of hydrogen-bond donors (Lipinski definition) is 1. The van der Waals surface area contributed by atoms with Gasteiger partial charge in [0, 0.05) is 24.2 Å². The first kappa shape index (κ1) is 28.7. The van der Waals surface area contributed by atoms with Gasteiger partial charge in [0.1, 0.15) is 11.6 Å². The molecule has 0 aromatic heterocycles. The van der Waals surface area contributed by atoms with Crippen molar-refractivity contribution in [2.24, 2.45) is 0 Å². The van der Waals surface area contributed by atoms with E-state index in [1.54, 1.807) is 25.0 Å². The molecule has 2 aromatic rings. The highest BCUT2D eigenvalue weighted by Crippen LogP contribution is 2.47. The maximum atomic E-state index is 15.8. The topological polar surface area (TPSA) is 75.1 Å². The van der Waals surface area contributed by atoms with E-state index in [1.165, 1.54) is 0 Å². The average molecular weight is 540 g/mol. The molecule has 39 heavy (non-hydrogen) atoms. The number of carbonyl (C=O) groups is 1. The Morgan fingerprint density at radius 3 is 2.26 bits per heavy atom. The number of ether oxygens (including phenoxy) is 3. The van der Waals surface area contributed by atoms with Crippen molar-refractivity contribution >= 4 is 17.3 Å². The van der Waals surface area contributed by atoms with Gasteiger partial charge in [-0.05, 0) is 69.7 Å². The highest BCUT2D eigenvalue weighted by atomic mass is 19.1. The summed E-state index contributed by atoms with van der Waals surface area (Å²) in [6, 6.07) is 5.59. The summed E-state index contributed by atoms with van der Waals surface area (Å²) in [5.74, 6) is 0.328. The second-order valence-corrected chi connectivity index (χ2v) is 11.7. The van der Waals surface area contributed by atoms with E-state index >= 15 is 4.39 Å². The van der Waals surface area contributed by atoms with Crippen LogP contribution in [0.25, 0.3) is 0 Å². The monoisotopic (exact) mass is 539 g/mol. The minimum Gasteiger partial charge on any atom is -0.494 e. The lowest BCUT2D eigenvalue weighted by molar-refractivity contribution is 0.0920. The Balaban J connectivity index is 1.75. The number of nitrogens with zero attached hydrogens (tertiary/aromatic N) is 2. The van der Waals surface area contributed by atoms with Crippen LogP contribution in [0.2, 0.25) is 0 Å². The van der Waals surface area contributed by atoms with Crippen LogP contribution >= 0.6 is 0 Å². The maximum absolute atomic E-state index is 15.8. The molecule has 1 saturated heterocycles. The van der Waals surface area contributed by atoms with E-state index in [0.717, 1.165) is 42.9 Å². The second kappa shape index (κ2) is 10.7. The van der Waals surface area contributed by atoms with E-state index in [-0.39, 0.29) is 41.5 Å². The van der Waals surface area contributed by atoms with Crippen molar-refractivity contribution in [3.8, 4) is 17.2 Å². The number of Topliss-reactive ketones (excluding diaryl/α,β-unsaturated/α-hetero) is 1. The summed E-state index contributed by atoms with van der Waals surface area (Å²) < 4.78 is 33.0. The third kappa shape index (κ3) is 5.06. The van der Waals surface area contributed by atoms with Crippen molar-refractivity contribution in [2.45, 2.75) is 72.3 Å². The summed E-state index contributed by atoms with van der Waals surface area (Å²) in [5.41, 5.74) is 2.16. The van der Waals surface area contributed by atoms with Crippen LogP contribution in [0.5, 0.6) is 17.2 Å². The lowest BCUT2D eigenvalue weighted by Crippen LogP contribution is -2.42. The van der Waals surface area contributed by atoms with Crippen LogP contribution in [-0.4, -0.2) is 56.5 Å². The quantitative estimate of drug-likeness (QED) is 0.378. The SMILES string of the molecule is CCOc1cc2c(c(F)c1OCC)C(=N)N(CC(=O)c1cc(N3CCCC3)c(OC)c(C(C)(C)C)c1)C2(C)C. The fraction of sp³-hybridized carbons (Fsp3) is 0.548. The molecule has 0 amide bonds. The predicted molar refractivity (Wildman–Crippen MR) is 153 cm³/mol. The van der Waals surface area contributed by atoms with Gasteiger partial charge in [-0.1, -0.05) is 20.8 Å². The molecule has 0 aliphatic carbocycles. The van der Waals surface area contributed by atoms with Crippen molar-refractivity contribution in [1.29, 1.82) is 5.41 Å². The fourth-order valence-corrected chi connectivity index (χ4v) is 5.67. The number of hydrogen-bond acceptors (Lipinski definition) is 6. The summed E-state index contributed by atoms with van der Waals surface area (Å²) in [6.07, 6.45) is 2.20. The standard InChI is InChI=1S/C31H42FN3O4/c1-9-38-24-17-20-25(26(32)28(24)39-10-2)29(33)35(31(20,6)7)18-23(36)19-15-21(30(3,4)5)27(37-8)22(16-19)34-13-11-12-14-34/h15-17,33H,9-14,18H2,1-8H3. The number of anilines is 1. The van der Waals surface area contributed by atoms with Crippen molar-refractivity contribution in [2.75, 3.05) is 44.9 Å². The van der Waals surface area contributed by atoms with Gasteiger partial charge in [0.2, 0.25) is 0 Å². The van der Waals surface area contributed by atoms with E-state index in [0.29, 0.717) is 23.5 Å². The molecule has 0 radical (unpaired) electrons. The minimum atomic E-state index is -0.809.